The molecule has 2 saturated carbocycles. The minimum absolute atomic E-state index is 0.566. The lowest BCUT2D eigenvalue weighted by Crippen LogP contribution is -2.17. The van der Waals surface area contributed by atoms with Gasteiger partial charge < -0.3 is 5.32 Å². The minimum Gasteiger partial charge on any atom is -0.355 e. The Bertz CT molecular complexity index is 125. The highest BCUT2D eigenvalue weighted by atomic mass is 16.1. The molecule has 0 saturated heterocycles. The highest BCUT2D eigenvalue weighted by Gasteiger charge is 2.52. The zero-order valence-corrected chi connectivity index (χ0v) is 5.34. The van der Waals surface area contributed by atoms with Crippen molar-refractivity contribution in [2.45, 2.75) is 25.3 Å². The summed E-state index contributed by atoms with van der Waals surface area (Å²) in [5.74, 6) is 1.71. The Hall–Kier alpha value is -0.530. The largest absolute Gasteiger partial charge is 0.355 e. The Kier molecular flexibility index (Phi) is 1.01. The fraction of sp³-hybridized carbons (Fsp3) is 0.857. The van der Waals surface area contributed by atoms with Crippen LogP contribution in [0.2, 0.25) is 0 Å². The highest BCUT2D eigenvalue weighted by molar-refractivity contribution is 5.48. The molecule has 0 aromatic rings. The van der Waals surface area contributed by atoms with Gasteiger partial charge in [0.05, 0.1) is 0 Å². The zero-order valence-electron chi connectivity index (χ0n) is 5.34. The van der Waals surface area contributed by atoms with Crippen molar-refractivity contribution < 1.29 is 4.79 Å². The molecule has 9 heavy (non-hydrogen) atoms. The molecule has 2 fully saturated rings. The standard InChI is InChI=1S/C7H11NO/c9-4-8-7-5-2-1-3-6(5)7/h4-7H,1-3H2,(H,8,9). The number of fused-ring (bicyclic) bond motifs is 1. The molecule has 2 heteroatoms. The van der Waals surface area contributed by atoms with Gasteiger partial charge in [-0.25, -0.2) is 0 Å². The summed E-state index contributed by atoms with van der Waals surface area (Å²) >= 11 is 0. The van der Waals surface area contributed by atoms with Crippen molar-refractivity contribution >= 4 is 6.41 Å². The maximum absolute atomic E-state index is 9.98. The monoisotopic (exact) mass is 125 g/mol. The normalized spacial score (nSPS) is 46.0. The van der Waals surface area contributed by atoms with Crippen LogP contribution in [-0.2, 0) is 4.79 Å². The first-order valence-electron chi connectivity index (χ1n) is 3.63. The zero-order chi connectivity index (χ0) is 6.27. The molecule has 50 valence electrons. The summed E-state index contributed by atoms with van der Waals surface area (Å²) in [6, 6.07) is 0.566. The molecule has 0 aliphatic heterocycles. The van der Waals surface area contributed by atoms with Gasteiger partial charge in [-0.15, -0.1) is 0 Å². The number of amides is 1. The van der Waals surface area contributed by atoms with E-state index < -0.39 is 0 Å². The molecular formula is C7H11NO. The van der Waals surface area contributed by atoms with Crippen LogP contribution >= 0.6 is 0 Å². The van der Waals surface area contributed by atoms with Crippen LogP contribution in [0.5, 0.6) is 0 Å². The van der Waals surface area contributed by atoms with Crippen LogP contribution in [0.1, 0.15) is 19.3 Å². The van der Waals surface area contributed by atoms with Crippen LogP contribution in [0.25, 0.3) is 0 Å². The van der Waals surface area contributed by atoms with Crippen molar-refractivity contribution in [3.63, 3.8) is 0 Å². The number of rotatable bonds is 2. The van der Waals surface area contributed by atoms with E-state index in [1.54, 1.807) is 0 Å². The summed E-state index contributed by atoms with van der Waals surface area (Å²) in [6.45, 7) is 0. The number of carbonyl (C=O) groups is 1. The molecule has 1 amide bonds. The van der Waals surface area contributed by atoms with Crippen molar-refractivity contribution in [2.24, 2.45) is 11.8 Å². The fourth-order valence-electron chi connectivity index (χ4n) is 2.15. The summed E-state index contributed by atoms with van der Waals surface area (Å²) in [6.07, 6.45) is 4.90. The van der Waals surface area contributed by atoms with E-state index in [0.29, 0.717) is 6.04 Å². The van der Waals surface area contributed by atoms with Crippen molar-refractivity contribution in [1.29, 1.82) is 0 Å². The average molecular weight is 125 g/mol. The molecule has 0 aromatic heterocycles. The molecule has 2 aliphatic carbocycles. The van der Waals surface area contributed by atoms with E-state index in [2.05, 4.69) is 5.32 Å². The summed E-state index contributed by atoms with van der Waals surface area (Å²) in [4.78, 5) is 9.98. The van der Waals surface area contributed by atoms with Crippen LogP contribution in [0.3, 0.4) is 0 Å². The van der Waals surface area contributed by atoms with Gasteiger partial charge in [0.2, 0.25) is 6.41 Å². The van der Waals surface area contributed by atoms with Gasteiger partial charge in [-0.2, -0.15) is 0 Å². The third kappa shape index (κ3) is 0.655. The first-order chi connectivity index (χ1) is 4.43. The third-order valence-corrected chi connectivity index (χ3v) is 2.67. The van der Waals surface area contributed by atoms with Gasteiger partial charge in [0.25, 0.3) is 0 Å². The Morgan fingerprint density at radius 1 is 1.33 bits per heavy atom. The smallest absolute Gasteiger partial charge is 0.207 e. The van der Waals surface area contributed by atoms with E-state index in [4.69, 9.17) is 0 Å². The van der Waals surface area contributed by atoms with Crippen LogP contribution < -0.4 is 5.32 Å². The van der Waals surface area contributed by atoms with E-state index in [1.807, 2.05) is 0 Å². The fourth-order valence-corrected chi connectivity index (χ4v) is 2.15. The first kappa shape index (κ1) is 5.27. The molecule has 1 N–H and O–H groups in total. The molecule has 2 unspecified atom stereocenters. The third-order valence-electron chi connectivity index (χ3n) is 2.67. The average Bonchev–Trinajstić information content (AvgIpc) is 2.39. The molecule has 2 aliphatic rings. The van der Waals surface area contributed by atoms with Crippen molar-refractivity contribution in [3.05, 3.63) is 0 Å². The lowest BCUT2D eigenvalue weighted by Gasteiger charge is -1.97. The van der Waals surface area contributed by atoms with Gasteiger partial charge in [-0.3, -0.25) is 4.79 Å². The number of hydrogen-bond donors (Lipinski definition) is 1. The molecule has 0 radical (unpaired) electrons. The van der Waals surface area contributed by atoms with Gasteiger partial charge >= 0.3 is 0 Å². The topological polar surface area (TPSA) is 29.1 Å². The second kappa shape index (κ2) is 1.72. The Morgan fingerprint density at radius 2 is 2.00 bits per heavy atom. The van der Waals surface area contributed by atoms with E-state index in [-0.39, 0.29) is 0 Å². The SMILES string of the molecule is O=CNC1C2CCCC21. The summed E-state index contributed by atoms with van der Waals surface area (Å²) in [5.41, 5.74) is 0. The van der Waals surface area contributed by atoms with Crippen molar-refractivity contribution in [2.75, 3.05) is 0 Å². The van der Waals surface area contributed by atoms with Crippen molar-refractivity contribution in [1.82, 2.24) is 5.32 Å². The minimum atomic E-state index is 0.566. The van der Waals surface area contributed by atoms with E-state index in [0.717, 1.165) is 18.2 Å². The summed E-state index contributed by atoms with van der Waals surface area (Å²) < 4.78 is 0. The Morgan fingerprint density at radius 3 is 2.56 bits per heavy atom. The molecule has 0 heterocycles. The van der Waals surface area contributed by atoms with Gasteiger partial charge in [0.15, 0.2) is 0 Å². The lowest BCUT2D eigenvalue weighted by atomic mass is 10.2. The van der Waals surface area contributed by atoms with Gasteiger partial charge in [-0.05, 0) is 24.7 Å². The Balaban J connectivity index is 1.87. The summed E-state index contributed by atoms with van der Waals surface area (Å²) in [5, 5.41) is 2.84. The molecular weight excluding hydrogens is 114 g/mol. The molecule has 2 atom stereocenters. The maximum atomic E-state index is 9.98. The molecule has 2 nitrogen and oxygen atoms in total. The van der Waals surface area contributed by atoms with Gasteiger partial charge in [0, 0.05) is 6.04 Å². The molecule has 0 spiro atoms. The van der Waals surface area contributed by atoms with E-state index in [1.165, 1.54) is 19.3 Å². The Labute approximate surface area is 54.6 Å². The number of hydrogen-bond acceptors (Lipinski definition) is 1. The predicted octanol–water partition coefficient (Wildman–Crippen LogP) is 0.531. The van der Waals surface area contributed by atoms with Crippen molar-refractivity contribution in [3.8, 4) is 0 Å². The number of nitrogens with one attached hydrogen (secondary N) is 1. The van der Waals surface area contributed by atoms with Crippen LogP contribution in [-0.4, -0.2) is 12.5 Å². The van der Waals surface area contributed by atoms with Crippen LogP contribution in [0.4, 0.5) is 0 Å². The quantitative estimate of drug-likeness (QED) is 0.536. The lowest BCUT2D eigenvalue weighted by molar-refractivity contribution is -0.109. The molecule has 0 aromatic carbocycles. The first-order valence-corrected chi connectivity index (χ1v) is 3.63. The summed E-state index contributed by atoms with van der Waals surface area (Å²) in [7, 11) is 0. The van der Waals surface area contributed by atoms with E-state index >= 15 is 0 Å². The van der Waals surface area contributed by atoms with Gasteiger partial charge in [0.1, 0.15) is 0 Å². The van der Waals surface area contributed by atoms with Crippen LogP contribution in [0.15, 0.2) is 0 Å². The van der Waals surface area contributed by atoms with Gasteiger partial charge in [-0.1, -0.05) is 6.42 Å². The van der Waals surface area contributed by atoms with Crippen LogP contribution in [0, 0.1) is 11.8 Å². The second-order valence-corrected chi connectivity index (χ2v) is 3.07. The van der Waals surface area contributed by atoms with E-state index in [9.17, 15) is 4.79 Å². The number of carbonyl (C=O) groups excluding carboxylic acids is 1. The maximum Gasteiger partial charge on any atom is 0.207 e. The predicted molar refractivity (Wildman–Crippen MR) is 33.8 cm³/mol. The highest BCUT2D eigenvalue weighted by Crippen LogP contribution is 2.51. The molecule has 2 rings (SSSR count). The molecule has 0 bridgehead atoms. The second-order valence-electron chi connectivity index (χ2n) is 3.07.